The van der Waals surface area contributed by atoms with Crippen LogP contribution in [-0.2, 0) is 16.1 Å². The summed E-state index contributed by atoms with van der Waals surface area (Å²) in [5, 5.41) is 0. The number of methoxy groups -OCH3 is 1. The zero-order chi connectivity index (χ0) is 12.7. The minimum atomic E-state index is -0.0187. The Morgan fingerprint density at radius 2 is 2.00 bits per heavy atom. The Hall–Kier alpha value is -1.39. The SMILES string of the molecule is CCCN(C(=O)COC)c1ccc(CN)cc1. The lowest BCUT2D eigenvalue weighted by molar-refractivity contribution is -0.122. The number of rotatable bonds is 6. The Bertz CT molecular complexity index is 349. The van der Waals surface area contributed by atoms with Crippen LogP contribution in [0.25, 0.3) is 0 Å². The molecule has 1 aromatic rings. The zero-order valence-corrected chi connectivity index (χ0v) is 10.5. The third-order valence-electron chi connectivity index (χ3n) is 2.50. The van der Waals surface area contributed by atoms with Crippen LogP contribution in [0.2, 0.25) is 0 Å². The average Bonchev–Trinajstić information content (AvgIpc) is 2.36. The first-order valence-corrected chi connectivity index (χ1v) is 5.81. The largest absolute Gasteiger partial charge is 0.375 e. The van der Waals surface area contributed by atoms with E-state index in [2.05, 4.69) is 0 Å². The number of anilines is 1. The quantitative estimate of drug-likeness (QED) is 0.815. The normalized spacial score (nSPS) is 10.3. The number of hydrogen-bond donors (Lipinski definition) is 1. The van der Waals surface area contributed by atoms with Crippen molar-refractivity contribution in [3.8, 4) is 0 Å². The maximum atomic E-state index is 11.9. The molecule has 0 fully saturated rings. The van der Waals surface area contributed by atoms with E-state index in [1.807, 2.05) is 31.2 Å². The molecule has 17 heavy (non-hydrogen) atoms. The van der Waals surface area contributed by atoms with Gasteiger partial charge in [0, 0.05) is 25.9 Å². The van der Waals surface area contributed by atoms with Gasteiger partial charge in [-0.2, -0.15) is 0 Å². The molecule has 94 valence electrons. The van der Waals surface area contributed by atoms with Crippen LogP contribution in [0.3, 0.4) is 0 Å². The number of nitrogens with two attached hydrogens (primary N) is 1. The predicted molar refractivity (Wildman–Crippen MR) is 68.9 cm³/mol. The van der Waals surface area contributed by atoms with E-state index in [-0.39, 0.29) is 12.5 Å². The third-order valence-corrected chi connectivity index (χ3v) is 2.50. The summed E-state index contributed by atoms with van der Waals surface area (Å²) in [6.07, 6.45) is 0.911. The smallest absolute Gasteiger partial charge is 0.252 e. The molecule has 1 amide bonds. The van der Waals surface area contributed by atoms with E-state index in [4.69, 9.17) is 10.5 Å². The highest BCUT2D eigenvalue weighted by Crippen LogP contribution is 2.16. The summed E-state index contributed by atoms with van der Waals surface area (Å²) >= 11 is 0. The Labute approximate surface area is 102 Å². The molecule has 0 atom stereocenters. The van der Waals surface area contributed by atoms with Gasteiger partial charge in [-0.3, -0.25) is 4.79 Å². The predicted octanol–water partition coefficient (Wildman–Crippen LogP) is 1.53. The fraction of sp³-hybridized carbons (Fsp3) is 0.462. The third kappa shape index (κ3) is 3.84. The second-order valence-electron chi connectivity index (χ2n) is 3.85. The first kappa shape index (κ1) is 13.7. The Morgan fingerprint density at radius 3 is 2.47 bits per heavy atom. The van der Waals surface area contributed by atoms with Crippen molar-refractivity contribution in [2.24, 2.45) is 5.73 Å². The van der Waals surface area contributed by atoms with Crippen LogP contribution < -0.4 is 10.6 Å². The maximum Gasteiger partial charge on any atom is 0.252 e. The van der Waals surface area contributed by atoms with Crippen molar-refractivity contribution < 1.29 is 9.53 Å². The highest BCUT2D eigenvalue weighted by Gasteiger charge is 2.14. The average molecular weight is 236 g/mol. The van der Waals surface area contributed by atoms with E-state index in [1.165, 1.54) is 7.11 Å². The van der Waals surface area contributed by atoms with Gasteiger partial charge in [0.2, 0.25) is 0 Å². The number of hydrogen-bond acceptors (Lipinski definition) is 3. The summed E-state index contributed by atoms with van der Waals surface area (Å²) < 4.78 is 4.89. The van der Waals surface area contributed by atoms with E-state index >= 15 is 0 Å². The second kappa shape index (κ2) is 7.04. The second-order valence-corrected chi connectivity index (χ2v) is 3.85. The molecule has 0 heterocycles. The molecule has 0 radical (unpaired) electrons. The van der Waals surface area contributed by atoms with Gasteiger partial charge in [-0.25, -0.2) is 0 Å². The molecule has 4 nitrogen and oxygen atoms in total. The van der Waals surface area contributed by atoms with Crippen molar-refractivity contribution in [2.75, 3.05) is 25.2 Å². The highest BCUT2D eigenvalue weighted by molar-refractivity contribution is 5.94. The molecule has 0 aliphatic heterocycles. The van der Waals surface area contributed by atoms with Crippen LogP contribution in [0.4, 0.5) is 5.69 Å². The molecule has 1 aromatic carbocycles. The molecule has 0 saturated heterocycles. The lowest BCUT2D eigenvalue weighted by Crippen LogP contribution is -2.34. The van der Waals surface area contributed by atoms with Gasteiger partial charge in [-0.15, -0.1) is 0 Å². The number of benzene rings is 1. The van der Waals surface area contributed by atoms with Crippen molar-refractivity contribution >= 4 is 11.6 Å². The first-order valence-electron chi connectivity index (χ1n) is 5.81. The molecule has 0 aliphatic carbocycles. The monoisotopic (exact) mass is 236 g/mol. The van der Waals surface area contributed by atoms with Crippen LogP contribution >= 0.6 is 0 Å². The van der Waals surface area contributed by atoms with Crippen molar-refractivity contribution in [3.05, 3.63) is 29.8 Å². The van der Waals surface area contributed by atoms with Gasteiger partial charge in [0.15, 0.2) is 0 Å². The van der Waals surface area contributed by atoms with Gasteiger partial charge in [0.1, 0.15) is 6.61 Å². The van der Waals surface area contributed by atoms with Crippen LogP contribution in [0.5, 0.6) is 0 Å². The number of ether oxygens (including phenoxy) is 1. The van der Waals surface area contributed by atoms with E-state index < -0.39 is 0 Å². The van der Waals surface area contributed by atoms with E-state index in [9.17, 15) is 4.79 Å². The van der Waals surface area contributed by atoms with E-state index in [0.29, 0.717) is 13.1 Å². The summed E-state index contributed by atoms with van der Waals surface area (Å²) in [5.74, 6) is -0.0187. The Morgan fingerprint density at radius 1 is 1.35 bits per heavy atom. The number of nitrogens with zero attached hydrogens (tertiary/aromatic N) is 1. The summed E-state index contributed by atoms with van der Waals surface area (Å²) in [6.45, 7) is 3.37. The molecule has 0 spiro atoms. The van der Waals surface area contributed by atoms with Crippen LogP contribution in [0.1, 0.15) is 18.9 Å². The van der Waals surface area contributed by atoms with Crippen molar-refractivity contribution in [1.29, 1.82) is 0 Å². The van der Waals surface area contributed by atoms with Gasteiger partial charge >= 0.3 is 0 Å². The Balaban J connectivity index is 2.84. The molecule has 1 rings (SSSR count). The zero-order valence-electron chi connectivity index (χ0n) is 10.5. The lowest BCUT2D eigenvalue weighted by atomic mass is 10.2. The summed E-state index contributed by atoms with van der Waals surface area (Å²) in [5.41, 5.74) is 7.50. The van der Waals surface area contributed by atoms with Crippen LogP contribution in [-0.4, -0.2) is 26.2 Å². The lowest BCUT2D eigenvalue weighted by Gasteiger charge is -2.22. The molecule has 0 bridgehead atoms. The van der Waals surface area contributed by atoms with Crippen LogP contribution in [0.15, 0.2) is 24.3 Å². The summed E-state index contributed by atoms with van der Waals surface area (Å²) in [4.78, 5) is 13.6. The molecular weight excluding hydrogens is 216 g/mol. The van der Waals surface area contributed by atoms with Gasteiger partial charge < -0.3 is 15.4 Å². The molecular formula is C13H20N2O2. The van der Waals surface area contributed by atoms with Crippen molar-refractivity contribution in [1.82, 2.24) is 0 Å². The fourth-order valence-electron chi connectivity index (χ4n) is 1.63. The van der Waals surface area contributed by atoms with E-state index in [1.54, 1.807) is 4.90 Å². The molecule has 0 aliphatic rings. The maximum absolute atomic E-state index is 11.9. The molecule has 0 aromatic heterocycles. The summed E-state index contributed by atoms with van der Waals surface area (Å²) in [7, 11) is 1.53. The Kier molecular flexibility index (Phi) is 5.66. The highest BCUT2D eigenvalue weighted by atomic mass is 16.5. The molecule has 0 saturated carbocycles. The van der Waals surface area contributed by atoms with Gasteiger partial charge in [0.25, 0.3) is 5.91 Å². The minimum Gasteiger partial charge on any atom is -0.375 e. The van der Waals surface area contributed by atoms with Gasteiger partial charge in [-0.1, -0.05) is 19.1 Å². The van der Waals surface area contributed by atoms with E-state index in [0.717, 1.165) is 17.7 Å². The molecule has 4 heteroatoms. The van der Waals surface area contributed by atoms with Crippen molar-refractivity contribution in [3.63, 3.8) is 0 Å². The topological polar surface area (TPSA) is 55.6 Å². The van der Waals surface area contributed by atoms with Gasteiger partial charge in [0.05, 0.1) is 0 Å². The number of carbonyl (C=O) groups is 1. The van der Waals surface area contributed by atoms with Gasteiger partial charge in [-0.05, 0) is 24.1 Å². The molecule has 2 N–H and O–H groups in total. The fourth-order valence-corrected chi connectivity index (χ4v) is 1.63. The number of amides is 1. The molecule has 0 unspecified atom stereocenters. The van der Waals surface area contributed by atoms with Crippen molar-refractivity contribution in [2.45, 2.75) is 19.9 Å². The standard InChI is InChI=1S/C13H20N2O2/c1-3-8-15(13(16)10-17-2)12-6-4-11(9-14)5-7-12/h4-7H,3,8-10,14H2,1-2H3. The summed E-state index contributed by atoms with van der Waals surface area (Å²) in [6, 6.07) is 7.73. The van der Waals surface area contributed by atoms with Crippen LogP contribution in [0, 0.1) is 0 Å². The number of carbonyl (C=O) groups excluding carboxylic acids is 1. The first-order chi connectivity index (χ1) is 8.22. The minimum absolute atomic E-state index is 0.0187.